The van der Waals surface area contributed by atoms with Crippen molar-refractivity contribution in [2.24, 2.45) is 5.92 Å². The van der Waals surface area contributed by atoms with Crippen LogP contribution in [0.15, 0.2) is 24.3 Å². The first-order valence-electron chi connectivity index (χ1n) is 9.88. The van der Waals surface area contributed by atoms with Gasteiger partial charge in [0, 0.05) is 42.1 Å². The summed E-state index contributed by atoms with van der Waals surface area (Å²) in [5.74, 6) is 1.22. The quantitative estimate of drug-likeness (QED) is 0.873. The molecule has 1 aromatic carbocycles. The maximum atomic E-state index is 14.7. The lowest BCUT2D eigenvalue weighted by Gasteiger charge is -2.27. The first-order valence-corrected chi connectivity index (χ1v) is 9.88. The summed E-state index contributed by atoms with van der Waals surface area (Å²) in [6, 6.07) is 7.88. The molecule has 4 nitrogen and oxygen atoms in total. The third-order valence-corrected chi connectivity index (χ3v) is 5.75. The van der Waals surface area contributed by atoms with Crippen molar-refractivity contribution in [1.82, 2.24) is 9.88 Å². The van der Waals surface area contributed by atoms with Crippen LogP contribution < -0.4 is 10.1 Å². The van der Waals surface area contributed by atoms with Crippen LogP contribution in [0.1, 0.15) is 41.9 Å². The SMILES string of the molecule is Cc1cc(C[C@@H]2CCN(C(C)c3cc4c(cc3F)NCCO4)C2)cc(C)n1. The standard InChI is InChI=1S/C22H28FN3O/c1-14-8-18(9-15(2)25-14)10-17-4-6-26(13-17)16(3)19-11-22-21(12-20(19)23)24-5-7-27-22/h8-9,11-12,16-17,24H,4-7,10,13H2,1-3H3/t16?,17-/m0/s1. The van der Waals surface area contributed by atoms with Crippen molar-refractivity contribution in [2.45, 2.75) is 39.7 Å². The third-order valence-electron chi connectivity index (χ3n) is 5.75. The predicted octanol–water partition coefficient (Wildman–Crippen LogP) is 4.27. The number of nitrogens with one attached hydrogen (secondary N) is 1. The van der Waals surface area contributed by atoms with Crippen molar-refractivity contribution in [3.8, 4) is 5.75 Å². The molecule has 1 N–H and O–H groups in total. The fourth-order valence-corrected chi connectivity index (χ4v) is 4.44. The number of rotatable bonds is 4. The minimum absolute atomic E-state index is 0.0479. The van der Waals surface area contributed by atoms with Gasteiger partial charge in [0.15, 0.2) is 0 Å². The van der Waals surface area contributed by atoms with Crippen LogP contribution in [0.2, 0.25) is 0 Å². The van der Waals surface area contributed by atoms with Crippen molar-refractivity contribution in [1.29, 1.82) is 0 Å². The summed E-state index contributed by atoms with van der Waals surface area (Å²) in [4.78, 5) is 6.86. The summed E-state index contributed by atoms with van der Waals surface area (Å²) >= 11 is 0. The van der Waals surface area contributed by atoms with Crippen LogP contribution in [0, 0.1) is 25.6 Å². The van der Waals surface area contributed by atoms with E-state index in [2.05, 4.69) is 48.1 Å². The Bertz CT molecular complexity index is 818. The number of halogens is 1. The number of hydrogen-bond acceptors (Lipinski definition) is 4. The normalized spacial score (nSPS) is 20.7. The second kappa shape index (κ2) is 7.47. The molecule has 2 atom stereocenters. The van der Waals surface area contributed by atoms with Crippen molar-refractivity contribution in [2.75, 3.05) is 31.6 Å². The van der Waals surface area contributed by atoms with Crippen LogP contribution in [0.25, 0.3) is 0 Å². The maximum absolute atomic E-state index is 14.7. The lowest BCUT2D eigenvalue weighted by atomic mass is 9.98. The topological polar surface area (TPSA) is 37.4 Å². The Kier molecular flexibility index (Phi) is 5.04. The summed E-state index contributed by atoms with van der Waals surface area (Å²) in [5, 5.41) is 3.20. The summed E-state index contributed by atoms with van der Waals surface area (Å²) in [6.07, 6.45) is 2.21. The molecule has 144 valence electrons. The van der Waals surface area contributed by atoms with Crippen LogP contribution in [-0.2, 0) is 6.42 Å². The minimum Gasteiger partial charge on any atom is -0.490 e. The summed E-state index contributed by atoms with van der Waals surface area (Å²) in [6.45, 7) is 9.56. The molecule has 1 aromatic heterocycles. The number of ether oxygens (including phenoxy) is 1. The fourth-order valence-electron chi connectivity index (χ4n) is 4.44. The van der Waals surface area contributed by atoms with E-state index in [0.717, 1.165) is 60.9 Å². The van der Waals surface area contributed by atoms with Crippen LogP contribution in [-0.4, -0.2) is 36.1 Å². The number of hydrogen-bond donors (Lipinski definition) is 1. The molecule has 4 rings (SSSR count). The van der Waals surface area contributed by atoms with Crippen molar-refractivity contribution < 1.29 is 9.13 Å². The number of aromatic nitrogens is 1. The van der Waals surface area contributed by atoms with Gasteiger partial charge in [-0.15, -0.1) is 0 Å². The Morgan fingerprint density at radius 3 is 2.81 bits per heavy atom. The molecule has 1 saturated heterocycles. The number of anilines is 1. The van der Waals surface area contributed by atoms with Crippen LogP contribution in [0.4, 0.5) is 10.1 Å². The van der Waals surface area contributed by atoms with Gasteiger partial charge in [0.2, 0.25) is 0 Å². The van der Waals surface area contributed by atoms with E-state index in [1.165, 1.54) is 5.56 Å². The molecule has 2 aliphatic rings. The number of likely N-dealkylation sites (tertiary alicyclic amines) is 1. The van der Waals surface area contributed by atoms with Gasteiger partial charge < -0.3 is 10.1 Å². The van der Waals surface area contributed by atoms with Crippen LogP contribution in [0.5, 0.6) is 5.75 Å². The van der Waals surface area contributed by atoms with Gasteiger partial charge in [-0.3, -0.25) is 9.88 Å². The van der Waals surface area contributed by atoms with Crippen molar-refractivity contribution >= 4 is 5.69 Å². The van der Waals surface area contributed by atoms with Crippen molar-refractivity contribution in [3.05, 3.63) is 52.6 Å². The lowest BCUT2D eigenvalue weighted by molar-refractivity contribution is 0.246. The van der Waals surface area contributed by atoms with Crippen LogP contribution in [0.3, 0.4) is 0 Å². The van der Waals surface area contributed by atoms with E-state index in [-0.39, 0.29) is 11.9 Å². The van der Waals surface area contributed by atoms with Gasteiger partial charge in [-0.25, -0.2) is 4.39 Å². The average Bonchev–Trinajstić information content (AvgIpc) is 3.08. The second-order valence-corrected chi connectivity index (χ2v) is 7.93. The zero-order valence-corrected chi connectivity index (χ0v) is 16.4. The Hall–Kier alpha value is -2.14. The molecule has 0 amide bonds. The second-order valence-electron chi connectivity index (χ2n) is 7.93. The number of aryl methyl sites for hydroxylation is 2. The molecule has 2 aliphatic heterocycles. The van der Waals surface area contributed by atoms with Crippen LogP contribution >= 0.6 is 0 Å². The van der Waals surface area contributed by atoms with E-state index < -0.39 is 0 Å². The highest BCUT2D eigenvalue weighted by Crippen LogP contribution is 2.36. The number of nitrogens with zero attached hydrogens (tertiary/aromatic N) is 2. The summed E-state index contributed by atoms with van der Waals surface area (Å²) in [7, 11) is 0. The highest BCUT2D eigenvalue weighted by atomic mass is 19.1. The van der Waals surface area contributed by atoms with Gasteiger partial charge >= 0.3 is 0 Å². The number of pyridine rings is 1. The molecule has 0 radical (unpaired) electrons. The Morgan fingerprint density at radius 1 is 1.26 bits per heavy atom. The monoisotopic (exact) mass is 369 g/mol. The minimum atomic E-state index is -0.150. The zero-order valence-electron chi connectivity index (χ0n) is 16.4. The Morgan fingerprint density at radius 2 is 2.04 bits per heavy atom. The molecule has 2 aromatic rings. The van der Waals surface area contributed by atoms with Gasteiger partial charge in [0.05, 0.1) is 5.69 Å². The molecular formula is C22H28FN3O. The van der Waals surface area contributed by atoms with E-state index in [1.807, 2.05) is 6.07 Å². The summed E-state index contributed by atoms with van der Waals surface area (Å²) < 4.78 is 20.4. The molecule has 0 aliphatic carbocycles. The molecule has 5 heteroatoms. The zero-order chi connectivity index (χ0) is 19.0. The predicted molar refractivity (Wildman–Crippen MR) is 106 cm³/mol. The Labute approximate surface area is 160 Å². The third kappa shape index (κ3) is 3.93. The largest absolute Gasteiger partial charge is 0.490 e. The lowest BCUT2D eigenvalue weighted by Crippen LogP contribution is -2.26. The van der Waals surface area contributed by atoms with E-state index in [0.29, 0.717) is 12.5 Å². The average molecular weight is 369 g/mol. The first kappa shape index (κ1) is 18.2. The van der Waals surface area contributed by atoms with E-state index in [1.54, 1.807) is 6.07 Å². The Balaban J connectivity index is 1.45. The van der Waals surface area contributed by atoms with E-state index in [9.17, 15) is 4.39 Å². The van der Waals surface area contributed by atoms with Gasteiger partial charge in [-0.2, -0.15) is 0 Å². The highest BCUT2D eigenvalue weighted by molar-refractivity contribution is 5.59. The molecule has 0 bridgehead atoms. The molecule has 0 saturated carbocycles. The van der Waals surface area contributed by atoms with Gasteiger partial charge in [0.1, 0.15) is 18.2 Å². The molecule has 0 spiro atoms. The van der Waals surface area contributed by atoms with E-state index in [4.69, 9.17) is 4.74 Å². The smallest absolute Gasteiger partial charge is 0.143 e. The molecule has 1 unspecified atom stereocenters. The molecule has 1 fully saturated rings. The first-order chi connectivity index (χ1) is 13.0. The van der Waals surface area contributed by atoms with Gasteiger partial charge in [-0.05, 0) is 69.8 Å². The van der Waals surface area contributed by atoms with E-state index >= 15 is 0 Å². The highest BCUT2D eigenvalue weighted by Gasteiger charge is 2.29. The van der Waals surface area contributed by atoms with Crippen molar-refractivity contribution in [3.63, 3.8) is 0 Å². The molecular weight excluding hydrogens is 341 g/mol. The molecule has 3 heterocycles. The fraction of sp³-hybridized carbons (Fsp3) is 0.500. The summed E-state index contributed by atoms with van der Waals surface area (Å²) in [5.41, 5.74) is 5.01. The van der Waals surface area contributed by atoms with Gasteiger partial charge in [-0.1, -0.05) is 0 Å². The maximum Gasteiger partial charge on any atom is 0.143 e. The number of benzene rings is 1. The van der Waals surface area contributed by atoms with Gasteiger partial charge in [0.25, 0.3) is 0 Å². The number of fused-ring (bicyclic) bond motifs is 1. The molecule has 27 heavy (non-hydrogen) atoms.